The quantitative estimate of drug-likeness (QED) is 0.203. The molecule has 5 aliphatic rings. The van der Waals surface area contributed by atoms with E-state index in [2.05, 4.69) is 14.6 Å². The second-order valence-corrected chi connectivity index (χ2v) is 17.4. The first-order chi connectivity index (χ1) is 22.8. The number of benzene rings is 3. The zero-order chi connectivity index (χ0) is 32.0. The minimum absolute atomic E-state index is 0.0245. The third-order valence-corrected chi connectivity index (χ3v) is 14.7. The number of nitrogens with one attached hydrogen (secondary N) is 1. The summed E-state index contributed by atoms with van der Waals surface area (Å²) >= 11 is 0. The molecule has 5 heterocycles. The first-order valence-electron chi connectivity index (χ1n) is 16.6. The lowest BCUT2D eigenvalue weighted by Crippen LogP contribution is -2.51. The zero-order valence-corrected chi connectivity index (χ0v) is 26.7. The van der Waals surface area contributed by atoms with Gasteiger partial charge in [0.15, 0.2) is 5.82 Å². The van der Waals surface area contributed by atoms with E-state index in [4.69, 9.17) is 9.72 Å². The van der Waals surface area contributed by atoms with Crippen LogP contribution in [-0.2, 0) is 0 Å². The summed E-state index contributed by atoms with van der Waals surface area (Å²) in [5.41, 5.74) is 0.367. The number of nitrogens with zero attached hydrogens (tertiary/aromatic N) is 4. The maximum Gasteiger partial charge on any atom is 0.319 e. The number of hydrogen-bond donors (Lipinski definition) is 2. The standard InChI is InChI=1S/C35H37F4N5O2S/c36-21-14-44-9-2-10-47(44,17-21)18-46-35-41-32-28(34(42-35)43-15-22-7-8-23(16-43)40-22)13-27(33(38)39)30(31(32)37)26-12-24(45)11-20-3-1-4-25(29(20)26)19-5-6-19/h1,3-4,11-13,19,21-23,33,40,45H,2,5-10,14-18H2. The highest BCUT2D eigenvalue weighted by Crippen LogP contribution is 2.60. The molecule has 47 heavy (non-hydrogen) atoms. The van der Waals surface area contributed by atoms with Gasteiger partial charge in [-0.1, -0.05) is 18.2 Å². The molecule has 248 valence electrons. The molecule has 5 fully saturated rings. The lowest BCUT2D eigenvalue weighted by atomic mass is 9.89. The maximum absolute atomic E-state index is 17.2. The Kier molecular flexibility index (Phi) is 7.03. The average molecular weight is 668 g/mol. The Morgan fingerprint density at radius 3 is 2.62 bits per heavy atom. The molecule has 0 amide bonds. The molecule has 9 rings (SSSR count). The minimum Gasteiger partial charge on any atom is -0.508 e. The molecule has 4 saturated heterocycles. The Labute approximate surface area is 271 Å². The van der Waals surface area contributed by atoms with Gasteiger partial charge in [-0.3, -0.25) is 4.31 Å². The number of fused-ring (bicyclic) bond motifs is 5. The molecule has 1 aliphatic carbocycles. The van der Waals surface area contributed by atoms with Gasteiger partial charge >= 0.3 is 6.01 Å². The van der Waals surface area contributed by atoms with Crippen molar-refractivity contribution in [1.82, 2.24) is 19.6 Å². The molecule has 2 N–H and O–H groups in total. The van der Waals surface area contributed by atoms with Crippen LogP contribution in [0.3, 0.4) is 0 Å². The Balaban J connectivity index is 1.24. The number of aromatic hydroxyl groups is 1. The summed E-state index contributed by atoms with van der Waals surface area (Å²) in [6, 6.07) is 10.4. The number of alkyl halides is 3. The molecule has 3 aromatic carbocycles. The van der Waals surface area contributed by atoms with E-state index in [1.165, 1.54) is 12.1 Å². The van der Waals surface area contributed by atoms with Crippen LogP contribution in [0.4, 0.5) is 23.4 Å². The fraction of sp³-hybridized carbons (Fsp3) is 0.486. The molecule has 7 nitrogen and oxygen atoms in total. The van der Waals surface area contributed by atoms with Crippen molar-refractivity contribution < 1.29 is 27.4 Å². The summed E-state index contributed by atoms with van der Waals surface area (Å²) in [6.45, 7) is 2.44. The molecule has 2 bridgehead atoms. The molecule has 1 aromatic heterocycles. The number of anilines is 1. The first-order valence-corrected chi connectivity index (χ1v) is 18.7. The van der Waals surface area contributed by atoms with E-state index >= 15 is 13.2 Å². The molecular weight excluding hydrogens is 630 g/mol. The second-order valence-electron chi connectivity index (χ2n) is 13.9. The topological polar surface area (TPSA) is 73.8 Å². The normalized spacial score (nSPS) is 28.8. The van der Waals surface area contributed by atoms with Gasteiger partial charge in [0.1, 0.15) is 29.2 Å². The smallest absolute Gasteiger partial charge is 0.319 e. The number of ether oxygens (including phenoxy) is 1. The predicted molar refractivity (Wildman–Crippen MR) is 177 cm³/mol. The minimum atomic E-state index is -3.00. The second kappa shape index (κ2) is 11.1. The highest BCUT2D eigenvalue weighted by atomic mass is 32.3. The van der Waals surface area contributed by atoms with Crippen LogP contribution in [-0.4, -0.2) is 81.3 Å². The van der Waals surface area contributed by atoms with Crippen LogP contribution in [0.25, 0.3) is 32.8 Å². The van der Waals surface area contributed by atoms with Gasteiger partial charge in [-0.2, -0.15) is 9.97 Å². The monoisotopic (exact) mass is 667 g/mol. The third-order valence-electron chi connectivity index (χ3n) is 10.7. The molecular formula is C35H37F4N5O2S. The van der Waals surface area contributed by atoms with Crippen LogP contribution in [0.5, 0.6) is 11.8 Å². The summed E-state index contributed by atoms with van der Waals surface area (Å²) in [5, 5.41) is 15.9. The molecule has 4 aromatic rings. The Morgan fingerprint density at radius 2 is 1.85 bits per heavy atom. The van der Waals surface area contributed by atoms with Crippen molar-refractivity contribution in [2.45, 2.75) is 62.7 Å². The van der Waals surface area contributed by atoms with E-state index in [9.17, 15) is 9.50 Å². The van der Waals surface area contributed by atoms with Gasteiger partial charge in [-0.25, -0.2) is 17.6 Å². The van der Waals surface area contributed by atoms with E-state index < -0.39 is 34.2 Å². The van der Waals surface area contributed by atoms with Gasteiger partial charge in [0.2, 0.25) is 0 Å². The summed E-state index contributed by atoms with van der Waals surface area (Å²) < 4.78 is 70.4. The van der Waals surface area contributed by atoms with Gasteiger partial charge in [0.05, 0.1) is 0 Å². The molecule has 0 radical (unpaired) electrons. The van der Waals surface area contributed by atoms with Crippen LogP contribution in [0.1, 0.15) is 55.6 Å². The zero-order valence-electron chi connectivity index (χ0n) is 25.9. The van der Waals surface area contributed by atoms with E-state index in [0.717, 1.165) is 50.0 Å². The predicted octanol–water partition coefficient (Wildman–Crippen LogP) is 7.16. The van der Waals surface area contributed by atoms with E-state index in [1.807, 2.05) is 23.1 Å². The summed E-state index contributed by atoms with van der Waals surface area (Å²) in [4.78, 5) is 11.4. The van der Waals surface area contributed by atoms with E-state index in [0.29, 0.717) is 42.0 Å². The average Bonchev–Trinajstić information content (AvgIpc) is 3.65. The van der Waals surface area contributed by atoms with Gasteiger partial charge < -0.3 is 20.1 Å². The highest BCUT2D eigenvalue weighted by Gasteiger charge is 2.45. The summed E-state index contributed by atoms with van der Waals surface area (Å²) in [6.07, 6.45) is 1.01. The highest BCUT2D eigenvalue weighted by molar-refractivity contribution is 8.32. The summed E-state index contributed by atoms with van der Waals surface area (Å²) in [7, 11) is -1.52. The lowest BCUT2D eigenvalue weighted by molar-refractivity contribution is 0.152. The van der Waals surface area contributed by atoms with Crippen LogP contribution in [0.2, 0.25) is 0 Å². The molecule has 4 aliphatic heterocycles. The molecule has 1 saturated carbocycles. The largest absolute Gasteiger partial charge is 0.508 e. The van der Waals surface area contributed by atoms with Gasteiger partial charge in [0, 0.05) is 60.5 Å². The Hall–Kier alpha value is -3.35. The number of hydrogen-bond acceptors (Lipinski definition) is 7. The van der Waals surface area contributed by atoms with Crippen molar-refractivity contribution >= 4 is 37.7 Å². The van der Waals surface area contributed by atoms with E-state index in [1.54, 1.807) is 6.07 Å². The van der Waals surface area contributed by atoms with Crippen molar-refractivity contribution in [1.29, 1.82) is 0 Å². The van der Waals surface area contributed by atoms with Crippen molar-refractivity contribution in [3.8, 4) is 22.9 Å². The lowest BCUT2D eigenvalue weighted by Gasteiger charge is -2.37. The number of aromatic nitrogens is 2. The van der Waals surface area contributed by atoms with Crippen LogP contribution < -0.4 is 15.0 Å². The van der Waals surface area contributed by atoms with Crippen LogP contribution in [0, 0.1) is 5.82 Å². The molecule has 12 heteroatoms. The van der Waals surface area contributed by atoms with Gasteiger partial charge in [-0.15, -0.1) is 10.2 Å². The first kappa shape index (κ1) is 29.8. The van der Waals surface area contributed by atoms with Gasteiger partial charge in [0.25, 0.3) is 6.43 Å². The van der Waals surface area contributed by atoms with Crippen LogP contribution >= 0.6 is 10.2 Å². The van der Waals surface area contributed by atoms with Crippen LogP contribution in [0.15, 0.2) is 36.4 Å². The molecule has 0 spiro atoms. The Morgan fingerprint density at radius 1 is 1.04 bits per heavy atom. The fourth-order valence-corrected chi connectivity index (χ4v) is 12.3. The number of phenols is 1. The Bertz CT molecular complexity index is 1900. The molecule has 4 unspecified atom stereocenters. The SMILES string of the molecule is Oc1cc(-c2c(C(F)F)cc3c(N4CC5CCC(C4)N5)nc(OCS45CCCN4CC(F)C5)nc3c2F)c2c(C3CC3)cccc2c1. The van der Waals surface area contributed by atoms with Crippen molar-refractivity contribution in [3.63, 3.8) is 0 Å². The van der Waals surface area contributed by atoms with Gasteiger partial charge in [-0.05, 0) is 83.9 Å². The number of rotatable bonds is 7. The fourth-order valence-electron chi connectivity index (χ4n) is 8.53. The number of halogens is 4. The third kappa shape index (κ3) is 5.01. The van der Waals surface area contributed by atoms with Crippen molar-refractivity contribution in [2.75, 3.05) is 48.5 Å². The molecule has 4 atom stereocenters. The maximum atomic E-state index is 17.2. The number of phenolic OH excluding ortho intramolecular Hbond substituents is 1. The van der Waals surface area contributed by atoms with Crippen molar-refractivity contribution in [2.24, 2.45) is 0 Å². The van der Waals surface area contributed by atoms with E-state index in [-0.39, 0.29) is 57.7 Å². The summed E-state index contributed by atoms with van der Waals surface area (Å²) in [5.74, 6) is 1.18. The van der Waals surface area contributed by atoms with Crippen molar-refractivity contribution in [3.05, 3.63) is 53.3 Å². The number of piperazine rings is 1.